The molecule has 0 heterocycles. The molecule has 0 spiro atoms. The molecule has 0 bridgehead atoms. The fourth-order valence-electron chi connectivity index (χ4n) is 1.08. The maximum Gasteiger partial charge on any atom is 0.276 e. The van der Waals surface area contributed by atoms with E-state index in [1.165, 1.54) is 0 Å². The molecule has 15 heavy (non-hydrogen) atoms. The number of rotatable bonds is 10. The van der Waals surface area contributed by atoms with Crippen LogP contribution in [0.25, 0.3) is 0 Å². The largest absolute Gasteiger partial charge is 0.396 e. The molecule has 0 aliphatic rings. The van der Waals surface area contributed by atoms with Gasteiger partial charge in [0, 0.05) is 19.7 Å². The van der Waals surface area contributed by atoms with Crippen molar-refractivity contribution in [3.05, 3.63) is 0 Å². The molecule has 0 aliphatic carbocycles. The predicted octanol–water partition coefficient (Wildman–Crippen LogP) is 0.373. The van der Waals surface area contributed by atoms with Crippen molar-refractivity contribution < 1.29 is 13.5 Å². The molecule has 6 heteroatoms. The van der Waals surface area contributed by atoms with Gasteiger partial charge in [0.25, 0.3) is 10.2 Å². The number of aliphatic hydroxyl groups excluding tert-OH is 1. The maximum atomic E-state index is 11.2. The van der Waals surface area contributed by atoms with Crippen LogP contribution in [0.2, 0.25) is 0 Å². The van der Waals surface area contributed by atoms with Gasteiger partial charge in [0.05, 0.1) is 0 Å². The van der Waals surface area contributed by atoms with Crippen LogP contribution in [-0.4, -0.2) is 33.2 Å². The molecule has 0 aromatic carbocycles. The Morgan fingerprint density at radius 3 is 2.20 bits per heavy atom. The molecule has 5 nitrogen and oxygen atoms in total. The van der Waals surface area contributed by atoms with Gasteiger partial charge in [-0.25, -0.2) is 9.44 Å². The van der Waals surface area contributed by atoms with Crippen LogP contribution in [0.4, 0.5) is 0 Å². The van der Waals surface area contributed by atoms with Crippen LogP contribution in [0.3, 0.4) is 0 Å². The van der Waals surface area contributed by atoms with E-state index in [9.17, 15) is 8.42 Å². The normalized spacial score (nSPS) is 11.9. The number of aliphatic hydroxyl groups is 1. The molecule has 0 saturated carbocycles. The average Bonchev–Trinajstić information content (AvgIpc) is 2.20. The van der Waals surface area contributed by atoms with E-state index in [0.29, 0.717) is 13.1 Å². The van der Waals surface area contributed by atoms with Crippen molar-refractivity contribution in [2.75, 3.05) is 19.7 Å². The summed E-state index contributed by atoms with van der Waals surface area (Å²) < 4.78 is 27.3. The summed E-state index contributed by atoms with van der Waals surface area (Å²) in [6.07, 6.45) is 4.28. The molecule has 0 fully saturated rings. The molecule has 0 atom stereocenters. The van der Waals surface area contributed by atoms with Gasteiger partial charge in [-0.3, -0.25) is 0 Å². The van der Waals surface area contributed by atoms with Gasteiger partial charge in [0.1, 0.15) is 0 Å². The standard InChI is InChI=1S/C9H22N2O3S/c1-2-7-10-15(13,14)11-8-5-3-4-6-9-12/h10-12H,2-9H2,1H3. The Bertz CT molecular complexity index is 230. The first-order valence-corrected chi connectivity index (χ1v) is 6.96. The third kappa shape index (κ3) is 10.1. The zero-order valence-corrected chi connectivity index (χ0v) is 10.1. The Hall–Kier alpha value is -0.170. The first-order chi connectivity index (χ1) is 7.12. The molecule has 0 saturated heterocycles. The number of hydrogen-bond acceptors (Lipinski definition) is 3. The quantitative estimate of drug-likeness (QED) is 0.481. The van der Waals surface area contributed by atoms with Gasteiger partial charge in [-0.2, -0.15) is 8.42 Å². The number of hydrogen-bond donors (Lipinski definition) is 3. The zero-order valence-electron chi connectivity index (χ0n) is 9.33. The Morgan fingerprint density at radius 2 is 1.60 bits per heavy atom. The third-order valence-corrected chi connectivity index (χ3v) is 3.09. The summed E-state index contributed by atoms with van der Waals surface area (Å²) in [5.41, 5.74) is 0. The summed E-state index contributed by atoms with van der Waals surface area (Å²) in [5.74, 6) is 0. The lowest BCUT2D eigenvalue weighted by Crippen LogP contribution is -2.37. The van der Waals surface area contributed by atoms with Crippen LogP contribution in [0.15, 0.2) is 0 Å². The minimum absolute atomic E-state index is 0.212. The predicted molar refractivity (Wildman–Crippen MR) is 60.8 cm³/mol. The van der Waals surface area contributed by atoms with Crippen LogP contribution in [0.5, 0.6) is 0 Å². The molecule has 0 aromatic heterocycles. The summed E-state index contributed by atoms with van der Waals surface area (Å²) >= 11 is 0. The summed E-state index contributed by atoms with van der Waals surface area (Å²) in [5, 5.41) is 8.53. The first-order valence-electron chi connectivity index (χ1n) is 5.47. The van der Waals surface area contributed by atoms with Crippen molar-refractivity contribution >= 4 is 10.2 Å². The van der Waals surface area contributed by atoms with Gasteiger partial charge in [0.15, 0.2) is 0 Å². The van der Waals surface area contributed by atoms with E-state index in [1.807, 2.05) is 6.92 Å². The van der Waals surface area contributed by atoms with Gasteiger partial charge < -0.3 is 5.11 Å². The second-order valence-electron chi connectivity index (χ2n) is 3.43. The van der Waals surface area contributed by atoms with E-state index in [4.69, 9.17) is 5.11 Å². The van der Waals surface area contributed by atoms with Crippen LogP contribution in [0, 0.1) is 0 Å². The van der Waals surface area contributed by atoms with Crippen molar-refractivity contribution in [3.63, 3.8) is 0 Å². The van der Waals surface area contributed by atoms with E-state index in [2.05, 4.69) is 9.44 Å². The lowest BCUT2D eigenvalue weighted by molar-refractivity contribution is 0.282. The second kappa shape index (κ2) is 9.08. The fourth-order valence-corrected chi connectivity index (χ4v) is 2.07. The lowest BCUT2D eigenvalue weighted by atomic mass is 10.2. The molecular weight excluding hydrogens is 216 g/mol. The highest BCUT2D eigenvalue weighted by Gasteiger charge is 2.05. The molecule has 3 N–H and O–H groups in total. The first kappa shape index (κ1) is 14.8. The summed E-state index contributed by atoms with van der Waals surface area (Å²) in [6.45, 7) is 3.06. The zero-order chi connectivity index (χ0) is 11.6. The van der Waals surface area contributed by atoms with Crippen molar-refractivity contribution in [1.82, 2.24) is 9.44 Å². The average molecular weight is 238 g/mol. The smallest absolute Gasteiger partial charge is 0.276 e. The Morgan fingerprint density at radius 1 is 1.00 bits per heavy atom. The molecule has 0 aliphatic heterocycles. The van der Waals surface area contributed by atoms with Crippen molar-refractivity contribution in [2.45, 2.75) is 39.0 Å². The Labute approximate surface area is 92.4 Å². The summed E-state index contributed by atoms with van der Waals surface area (Å²) in [6, 6.07) is 0. The molecule has 0 unspecified atom stereocenters. The number of unbranched alkanes of at least 4 members (excludes halogenated alkanes) is 3. The van der Waals surface area contributed by atoms with Gasteiger partial charge in [-0.1, -0.05) is 19.8 Å². The van der Waals surface area contributed by atoms with E-state index >= 15 is 0 Å². The van der Waals surface area contributed by atoms with Crippen LogP contribution in [0.1, 0.15) is 39.0 Å². The third-order valence-electron chi connectivity index (χ3n) is 1.92. The number of nitrogens with one attached hydrogen (secondary N) is 2. The molecule has 0 rings (SSSR count). The van der Waals surface area contributed by atoms with E-state index in [0.717, 1.165) is 32.1 Å². The molecule has 0 aromatic rings. The molecule has 0 amide bonds. The highest BCUT2D eigenvalue weighted by molar-refractivity contribution is 7.87. The van der Waals surface area contributed by atoms with Crippen molar-refractivity contribution in [1.29, 1.82) is 0 Å². The van der Waals surface area contributed by atoms with Crippen LogP contribution < -0.4 is 9.44 Å². The topological polar surface area (TPSA) is 78.4 Å². The van der Waals surface area contributed by atoms with E-state index in [1.54, 1.807) is 0 Å². The Balaban J connectivity index is 3.41. The van der Waals surface area contributed by atoms with Crippen molar-refractivity contribution in [2.24, 2.45) is 0 Å². The SMILES string of the molecule is CCCNS(=O)(=O)NCCCCCCO. The fraction of sp³-hybridized carbons (Fsp3) is 1.00. The monoisotopic (exact) mass is 238 g/mol. The van der Waals surface area contributed by atoms with E-state index < -0.39 is 10.2 Å². The van der Waals surface area contributed by atoms with Gasteiger partial charge in [-0.05, 0) is 19.3 Å². The van der Waals surface area contributed by atoms with Crippen LogP contribution in [-0.2, 0) is 10.2 Å². The van der Waals surface area contributed by atoms with Gasteiger partial charge in [-0.15, -0.1) is 0 Å². The minimum Gasteiger partial charge on any atom is -0.396 e. The summed E-state index contributed by atoms with van der Waals surface area (Å²) in [4.78, 5) is 0. The second-order valence-corrected chi connectivity index (χ2v) is 5.01. The highest BCUT2D eigenvalue weighted by Crippen LogP contribution is 1.97. The molecule has 0 radical (unpaired) electrons. The molecular formula is C9H22N2O3S. The highest BCUT2D eigenvalue weighted by atomic mass is 32.2. The summed E-state index contributed by atoms with van der Waals surface area (Å²) in [7, 11) is -3.29. The van der Waals surface area contributed by atoms with Crippen LogP contribution >= 0.6 is 0 Å². The van der Waals surface area contributed by atoms with E-state index in [-0.39, 0.29) is 6.61 Å². The molecule has 92 valence electrons. The van der Waals surface area contributed by atoms with Gasteiger partial charge >= 0.3 is 0 Å². The lowest BCUT2D eigenvalue weighted by Gasteiger charge is -2.06. The maximum absolute atomic E-state index is 11.2. The Kier molecular flexibility index (Phi) is 8.98. The van der Waals surface area contributed by atoms with Crippen molar-refractivity contribution in [3.8, 4) is 0 Å². The van der Waals surface area contributed by atoms with Gasteiger partial charge in [0.2, 0.25) is 0 Å². The minimum atomic E-state index is -3.29.